The zero-order valence-electron chi connectivity index (χ0n) is 13.2. The first-order chi connectivity index (χ1) is 10.6. The molecule has 0 aliphatic heterocycles. The number of aliphatic hydroxyl groups excluding tert-OH is 1. The fourth-order valence-electron chi connectivity index (χ4n) is 3.11. The van der Waals surface area contributed by atoms with Gasteiger partial charge in [-0.1, -0.05) is 24.3 Å². The average Bonchev–Trinajstić information content (AvgIpc) is 2.53. The smallest absolute Gasteiger partial charge is 0.211 e. The first-order valence-corrected chi connectivity index (χ1v) is 9.62. The normalized spacial score (nSPS) is 18.4. The van der Waals surface area contributed by atoms with E-state index in [9.17, 15) is 13.5 Å². The highest BCUT2D eigenvalue weighted by Crippen LogP contribution is 2.33. The van der Waals surface area contributed by atoms with Crippen LogP contribution >= 0.6 is 0 Å². The molecular formula is C16H26N2O3S. The molecule has 1 aliphatic rings. The highest BCUT2D eigenvalue weighted by atomic mass is 32.2. The molecule has 1 aromatic carbocycles. The monoisotopic (exact) mass is 326 g/mol. The lowest BCUT2D eigenvalue weighted by molar-refractivity contribution is 0.141. The number of aliphatic hydroxyl groups is 1. The van der Waals surface area contributed by atoms with Gasteiger partial charge in [0.2, 0.25) is 10.0 Å². The van der Waals surface area contributed by atoms with Gasteiger partial charge in [-0.05, 0) is 37.3 Å². The largest absolute Gasteiger partial charge is 0.395 e. The lowest BCUT2D eigenvalue weighted by Crippen LogP contribution is -2.40. The van der Waals surface area contributed by atoms with Crippen LogP contribution in [0.3, 0.4) is 0 Å². The molecule has 1 aromatic rings. The Bertz CT molecular complexity index is 575. The highest BCUT2D eigenvalue weighted by Gasteiger charge is 2.25. The molecule has 0 saturated carbocycles. The lowest BCUT2D eigenvalue weighted by atomic mass is 9.87. The van der Waals surface area contributed by atoms with E-state index in [-0.39, 0.29) is 18.4 Å². The molecule has 22 heavy (non-hydrogen) atoms. The molecule has 5 nitrogen and oxygen atoms in total. The van der Waals surface area contributed by atoms with Gasteiger partial charge in [-0.25, -0.2) is 13.1 Å². The van der Waals surface area contributed by atoms with Gasteiger partial charge in [-0.3, -0.25) is 4.90 Å². The van der Waals surface area contributed by atoms with Gasteiger partial charge in [0.15, 0.2) is 0 Å². The molecule has 0 aromatic heterocycles. The van der Waals surface area contributed by atoms with Gasteiger partial charge in [0.25, 0.3) is 0 Å². The first-order valence-electron chi connectivity index (χ1n) is 7.97. The number of fused-ring (bicyclic) bond motifs is 1. The number of sulfonamides is 1. The third-order valence-corrected chi connectivity index (χ3v) is 5.67. The maximum atomic E-state index is 11.5. The Morgan fingerprint density at radius 2 is 2.09 bits per heavy atom. The van der Waals surface area contributed by atoms with Gasteiger partial charge in [0.05, 0.1) is 12.4 Å². The predicted molar refractivity (Wildman–Crippen MR) is 88.2 cm³/mol. The van der Waals surface area contributed by atoms with Crippen molar-refractivity contribution in [3.8, 4) is 0 Å². The fraction of sp³-hybridized carbons (Fsp3) is 0.625. The maximum Gasteiger partial charge on any atom is 0.211 e. The highest BCUT2D eigenvalue weighted by molar-refractivity contribution is 7.89. The van der Waals surface area contributed by atoms with E-state index in [1.165, 1.54) is 11.1 Å². The molecular weight excluding hydrogens is 300 g/mol. The second-order valence-corrected chi connectivity index (χ2v) is 7.76. The molecule has 6 heteroatoms. The molecule has 2 rings (SSSR count). The zero-order valence-corrected chi connectivity index (χ0v) is 14.0. The second kappa shape index (κ2) is 8.06. The number of nitrogens with zero attached hydrogens (tertiary/aromatic N) is 1. The quantitative estimate of drug-likeness (QED) is 0.755. The zero-order chi connectivity index (χ0) is 16.0. The van der Waals surface area contributed by atoms with Crippen LogP contribution in [0.2, 0.25) is 0 Å². The van der Waals surface area contributed by atoms with Crippen molar-refractivity contribution in [3.63, 3.8) is 0 Å². The SMILES string of the molecule is CCS(=O)(=O)NCCN(CCO)[C@H]1CCCc2ccccc21. The summed E-state index contributed by atoms with van der Waals surface area (Å²) in [4.78, 5) is 2.19. The summed E-state index contributed by atoms with van der Waals surface area (Å²) >= 11 is 0. The Balaban J connectivity index is 2.05. The molecule has 0 radical (unpaired) electrons. The van der Waals surface area contributed by atoms with Crippen molar-refractivity contribution in [1.82, 2.24) is 9.62 Å². The van der Waals surface area contributed by atoms with Crippen LogP contribution in [-0.4, -0.2) is 50.4 Å². The van der Waals surface area contributed by atoms with Crippen LogP contribution in [0, 0.1) is 0 Å². The van der Waals surface area contributed by atoms with Crippen molar-refractivity contribution < 1.29 is 13.5 Å². The van der Waals surface area contributed by atoms with Gasteiger partial charge >= 0.3 is 0 Å². The Labute approximate surface area is 133 Å². The van der Waals surface area contributed by atoms with E-state index < -0.39 is 10.0 Å². The van der Waals surface area contributed by atoms with E-state index in [1.54, 1.807) is 6.92 Å². The number of hydrogen-bond acceptors (Lipinski definition) is 4. The minimum atomic E-state index is -3.16. The topological polar surface area (TPSA) is 69.6 Å². The summed E-state index contributed by atoms with van der Waals surface area (Å²) in [6, 6.07) is 8.70. The van der Waals surface area contributed by atoms with Crippen molar-refractivity contribution in [2.75, 3.05) is 32.0 Å². The molecule has 1 atom stereocenters. The van der Waals surface area contributed by atoms with E-state index >= 15 is 0 Å². The maximum absolute atomic E-state index is 11.5. The van der Waals surface area contributed by atoms with Crippen LogP contribution in [0.5, 0.6) is 0 Å². The minimum absolute atomic E-state index is 0.0825. The summed E-state index contributed by atoms with van der Waals surface area (Å²) in [6.07, 6.45) is 3.28. The predicted octanol–water partition coefficient (Wildman–Crippen LogP) is 1.30. The number of rotatable bonds is 8. The van der Waals surface area contributed by atoms with E-state index in [4.69, 9.17) is 0 Å². The summed E-state index contributed by atoms with van der Waals surface area (Å²) in [6.45, 7) is 3.27. The third-order valence-electron chi connectivity index (χ3n) is 4.27. The molecule has 2 N–H and O–H groups in total. The summed E-state index contributed by atoms with van der Waals surface area (Å²) in [5.41, 5.74) is 2.69. The Morgan fingerprint density at radius 1 is 1.32 bits per heavy atom. The van der Waals surface area contributed by atoms with Crippen molar-refractivity contribution >= 4 is 10.0 Å². The van der Waals surface area contributed by atoms with E-state index in [0.29, 0.717) is 19.6 Å². The summed E-state index contributed by atoms with van der Waals surface area (Å²) in [5, 5.41) is 9.34. The molecule has 0 fully saturated rings. The summed E-state index contributed by atoms with van der Waals surface area (Å²) in [7, 11) is -3.16. The van der Waals surface area contributed by atoms with Crippen LogP contribution in [0.25, 0.3) is 0 Å². The third kappa shape index (κ3) is 4.52. The average molecular weight is 326 g/mol. The summed E-state index contributed by atoms with van der Waals surface area (Å²) in [5.74, 6) is 0.0965. The summed E-state index contributed by atoms with van der Waals surface area (Å²) < 4.78 is 25.7. The molecule has 124 valence electrons. The van der Waals surface area contributed by atoms with E-state index in [1.807, 2.05) is 6.07 Å². The molecule has 0 amide bonds. The molecule has 0 bridgehead atoms. The van der Waals surface area contributed by atoms with Gasteiger partial charge in [0, 0.05) is 25.7 Å². The van der Waals surface area contributed by atoms with Crippen LogP contribution in [0.15, 0.2) is 24.3 Å². The van der Waals surface area contributed by atoms with Crippen molar-refractivity contribution in [2.45, 2.75) is 32.2 Å². The Hall–Kier alpha value is -0.950. The van der Waals surface area contributed by atoms with Crippen molar-refractivity contribution in [2.24, 2.45) is 0 Å². The molecule has 0 heterocycles. The minimum Gasteiger partial charge on any atom is -0.395 e. The molecule has 0 spiro atoms. The molecule has 1 aliphatic carbocycles. The number of hydrogen-bond donors (Lipinski definition) is 2. The number of aryl methyl sites for hydroxylation is 1. The van der Waals surface area contributed by atoms with Crippen LogP contribution < -0.4 is 4.72 Å². The van der Waals surface area contributed by atoms with Crippen molar-refractivity contribution in [3.05, 3.63) is 35.4 Å². The number of nitrogens with one attached hydrogen (secondary N) is 1. The van der Waals surface area contributed by atoms with Crippen LogP contribution in [0.1, 0.15) is 36.9 Å². The fourth-order valence-corrected chi connectivity index (χ4v) is 3.71. The van der Waals surface area contributed by atoms with Crippen LogP contribution in [0.4, 0.5) is 0 Å². The van der Waals surface area contributed by atoms with Crippen LogP contribution in [-0.2, 0) is 16.4 Å². The number of benzene rings is 1. The Kier molecular flexibility index (Phi) is 6.37. The van der Waals surface area contributed by atoms with Gasteiger partial charge in [0.1, 0.15) is 0 Å². The molecule has 0 unspecified atom stereocenters. The Morgan fingerprint density at radius 3 is 2.82 bits per heavy atom. The van der Waals surface area contributed by atoms with Gasteiger partial charge < -0.3 is 5.11 Å². The van der Waals surface area contributed by atoms with Gasteiger partial charge in [-0.2, -0.15) is 0 Å². The van der Waals surface area contributed by atoms with E-state index in [2.05, 4.69) is 27.8 Å². The standard InChI is InChI=1S/C16H26N2O3S/c1-2-22(20,21)17-10-11-18(12-13-19)16-9-5-7-14-6-3-4-8-15(14)16/h3-4,6,8,16-17,19H,2,5,7,9-13H2,1H3/t16-/m0/s1. The lowest BCUT2D eigenvalue weighted by Gasteiger charge is -2.35. The second-order valence-electron chi connectivity index (χ2n) is 5.66. The van der Waals surface area contributed by atoms with E-state index in [0.717, 1.165) is 19.3 Å². The molecule has 0 saturated heterocycles. The van der Waals surface area contributed by atoms with Gasteiger partial charge in [-0.15, -0.1) is 0 Å². The first kappa shape index (κ1) is 17.4. The van der Waals surface area contributed by atoms with Crippen molar-refractivity contribution in [1.29, 1.82) is 0 Å².